The zero-order valence-electron chi connectivity index (χ0n) is 11.8. The molecule has 2 atom stereocenters. The molecule has 0 N–H and O–H groups in total. The summed E-state index contributed by atoms with van der Waals surface area (Å²) in [5.41, 5.74) is 1.03. The zero-order valence-corrected chi connectivity index (χ0v) is 12.5. The number of carbonyl (C=O) groups excluding carboxylic acids is 3. The van der Waals surface area contributed by atoms with Gasteiger partial charge in [0.15, 0.2) is 6.10 Å². The van der Waals surface area contributed by atoms with Gasteiger partial charge >= 0.3 is 11.9 Å². The molecule has 1 aromatic rings. The maximum atomic E-state index is 11.9. The minimum absolute atomic E-state index is 0.334. The lowest BCUT2D eigenvalue weighted by molar-refractivity contribution is -0.165. The molecule has 0 fully saturated rings. The van der Waals surface area contributed by atoms with E-state index >= 15 is 0 Å². The molecule has 0 saturated carbocycles. The Morgan fingerprint density at radius 2 is 1.71 bits per heavy atom. The van der Waals surface area contributed by atoms with Crippen LogP contribution in [0.3, 0.4) is 0 Å². The summed E-state index contributed by atoms with van der Waals surface area (Å²) in [6.07, 6.45) is -1.93. The van der Waals surface area contributed by atoms with E-state index in [9.17, 15) is 14.4 Å². The van der Waals surface area contributed by atoms with Crippen LogP contribution in [-0.2, 0) is 23.9 Å². The maximum absolute atomic E-state index is 11.9. The van der Waals surface area contributed by atoms with Crippen LogP contribution < -0.4 is 4.90 Å². The Kier molecular flexibility index (Phi) is 4.18. The van der Waals surface area contributed by atoms with Gasteiger partial charge in [-0.25, -0.2) is 0 Å². The third-order valence-corrected chi connectivity index (χ3v) is 3.22. The average Bonchev–Trinajstić information content (AvgIpc) is 2.62. The van der Waals surface area contributed by atoms with Crippen molar-refractivity contribution in [2.45, 2.75) is 33.1 Å². The molecule has 1 amide bonds. The van der Waals surface area contributed by atoms with Crippen molar-refractivity contribution in [2.75, 3.05) is 4.90 Å². The van der Waals surface area contributed by atoms with Gasteiger partial charge in [0.2, 0.25) is 12.1 Å². The van der Waals surface area contributed by atoms with Crippen molar-refractivity contribution in [1.29, 1.82) is 0 Å². The summed E-state index contributed by atoms with van der Waals surface area (Å²) in [5.74, 6) is -1.46. The molecule has 112 valence electrons. The van der Waals surface area contributed by atoms with Crippen molar-refractivity contribution in [3.63, 3.8) is 0 Å². The number of fused-ring (bicyclic) bond motifs is 1. The summed E-state index contributed by atoms with van der Waals surface area (Å²) in [5, 5.41) is 0.429. The number of amides is 1. The van der Waals surface area contributed by atoms with Crippen LogP contribution in [0.25, 0.3) is 0 Å². The second kappa shape index (κ2) is 5.73. The average molecular weight is 312 g/mol. The highest BCUT2D eigenvalue weighted by molar-refractivity contribution is 6.30. The first-order valence-electron chi connectivity index (χ1n) is 6.25. The Bertz CT molecular complexity index is 615. The first-order chi connectivity index (χ1) is 9.81. The van der Waals surface area contributed by atoms with E-state index in [4.69, 9.17) is 21.1 Å². The standard InChI is InChI=1S/C14H14ClNO5/c1-7(17)16-12-5-4-10(15)6-11(12)13(20-8(2)18)14(16)21-9(3)19/h4-6,13-14H,1-3H3/t13-,14+/m1/s1. The number of rotatable bonds is 2. The number of ether oxygens (including phenoxy) is 2. The summed E-state index contributed by atoms with van der Waals surface area (Å²) < 4.78 is 10.4. The molecule has 2 rings (SSSR count). The maximum Gasteiger partial charge on any atom is 0.304 e. The number of nitrogens with zero attached hydrogens (tertiary/aromatic N) is 1. The molecule has 0 spiro atoms. The Morgan fingerprint density at radius 3 is 2.24 bits per heavy atom. The van der Waals surface area contributed by atoms with Gasteiger partial charge < -0.3 is 9.47 Å². The molecule has 0 bridgehead atoms. The van der Waals surface area contributed by atoms with Gasteiger partial charge in [0.1, 0.15) is 0 Å². The predicted molar refractivity (Wildman–Crippen MR) is 74.7 cm³/mol. The largest absolute Gasteiger partial charge is 0.451 e. The Labute approximate surface area is 126 Å². The third kappa shape index (κ3) is 3.00. The number of hydrogen-bond acceptors (Lipinski definition) is 5. The van der Waals surface area contributed by atoms with E-state index in [0.29, 0.717) is 16.3 Å². The molecule has 1 heterocycles. The summed E-state index contributed by atoms with van der Waals surface area (Å²) >= 11 is 5.95. The number of halogens is 1. The lowest BCUT2D eigenvalue weighted by atomic mass is 10.1. The van der Waals surface area contributed by atoms with Crippen LogP contribution in [0, 0.1) is 0 Å². The van der Waals surface area contributed by atoms with Crippen molar-refractivity contribution >= 4 is 35.1 Å². The lowest BCUT2D eigenvalue weighted by Gasteiger charge is -2.26. The molecule has 0 unspecified atom stereocenters. The third-order valence-electron chi connectivity index (χ3n) is 2.99. The molecule has 1 aromatic carbocycles. The van der Waals surface area contributed by atoms with Crippen molar-refractivity contribution in [2.24, 2.45) is 0 Å². The van der Waals surface area contributed by atoms with Crippen LogP contribution in [0.4, 0.5) is 5.69 Å². The van der Waals surface area contributed by atoms with Crippen LogP contribution in [0.1, 0.15) is 32.4 Å². The van der Waals surface area contributed by atoms with Gasteiger partial charge in [0.25, 0.3) is 0 Å². The van der Waals surface area contributed by atoms with Crippen molar-refractivity contribution in [3.05, 3.63) is 28.8 Å². The fourth-order valence-corrected chi connectivity index (χ4v) is 2.51. The van der Waals surface area contributed by atoms with E-state index in [2.05, 4.69) is 0 Å². The van der Waals surface area contributed by atoms with Crippen molar-refractivity contribution < 1.29 is 23.9 Å². The quantitative estimate of drug-likeness (QED) is 0.783. The lowest BCUT2D eigenvalue weighted by Crippen LogP contribution is -2.41. The van der Waals surface area contributed by atoms with Gasteiger partial charge in [-0.2, -0.15) is 0 Å². The highest BCUT2D eigenvalue weighted by Crippen LogP contribution is 2.43. The van der Waals surface area contributed by atoms with Gasteiger partial charge in [-0.3, -0.25) is 19.3 Å². The van der Waals surface area contributed by atoms with E-state index in [1.807, 2.05) is 0 Å². The summed E-state index contributed by atoms with van der Waals surface area (Å²) in [6.45, 7) is 3.80. The Hall–Kier alpha value is -2.08. The minimum atomic E-state index is -1.03. The summed E-state index contributed by atoms with van der Waals surface area (Å²) in [6, 6.07) is 4.82. The van der Waals surface area contributed by atoms with Crippen LogP contribution in [0.2, 0.25) is 5.02 Å². The van der Waals surface area contributed by atoms with Crippen molar-refractivity contribution in [3.8, 4) is 0 Å². The summed E-state index contributed by atoms with van der Waals surface area (Å²) in [7, 11) is 0. The molecule has 0 aliphatic carbocycles. The smallest absolute Gasteiger partial charge is 0.304 e. The number of esters is 2. The molecule has 0 aromatic heterocycles. The van der Waals surface area contributed by atoms with E-state index < -0.39 is 24.3 Å². The van der Waals surface area contributed by atoms with Crippen LogP contribution in [0.5, 0.6) is 0 Å². The topological polar surface area (TPSA) is 72.9 Å². The van der Waals surface area contributed by atoms with E-state index in [-0.39, 0.29) is 5.91 Å². The highest BCUT2D eigenvalue weighted by atomic mass is 35.5. The monoisotopic (exact) mass is 311 g/mol. The van der Waals surface area contributed by atoms with Gasteiger partial charge in [-0.15, -0.1) is 0 Å². The number of anilines is 1. The fraction of sp³-hybridized carbons (Fsp3) is 0.357. The molecule has 1 aliphatic rings. The molecular weight excluding hydrogens is 298 g/mol. The first-order valence-corrected chi connectivity index (χ1v) is 6.62. The second-order valence-corrected chi connectivity index (χ2v) is 5.06. The molecule has 21 heavy (non-hydrogen) atoms. The SMILES string of the molecule is CC(=O)O[C@@H]1c2cc(Cl)ccc2N(C(C)=O)[C@H]1OC(C)=O. The van der Waals surface area contributed by atoms with Crippen molar-refractivity contribution in [1.82, 2.24) is 0 Å². The number of hydrogen-bond donors (Lipinski definition) is 0. The van der Waals surface area contributed by atoms with E-state index in [1.165, 1.54) is 25.7 Å². The second-order valence-electron chi connectivity index (χ2n) is 4.62. The van der Waals surface area contributed by atoms with Gasteiger partial charge in [-0.05, 0) is 18.2 Å². The minimum Gasteiger partial charge on any atom is -0.451 e. The van der Waals surface area contributed by atoms with E-state index in [0.717, 1.165) is 0 Å². The molecular formula is C14H14ClNO5. The molecule has 7 heteroatoms. The first kappa shape index (κ1) is 15.3. The van der Waals surface area contributed by atoms with Crippen LogP contribution >= 0.6 is 11.6 Å². The fourth-order valence-electron chi connectivity index (χ4n) is 2.33. The van der Waals surface area contributed by atoms with Crippen LogP contribution in [0.15, 0.2) is 18.2 Å². The normalized spacial score (nSPS) is 19.9. The molecule has 0 radical (unpaired) electrons. The van der Waals surface area contributed by atoms with Gasteiger partial charge in [-0.1, -0.05) is 11.6 Å². The highest BCUT2D eigenvalue weighted by Gasteiger charge is 2.45. The number of benzene rings is 1. The van der Waals surface area contributed by atoms with Crippen LogP contribution in [-0.4, -0.2) is 24.1 Å². The van der Waals surface area contributed by atoms with E-state index in [1.54, 1.807) is 18.2 Å². The molecule has 6 nitrogen and oxygen atoms in total. The zero-order chi connectivity index (χ0) is 15.7. The Balaban J connectivity index is 2.53. The Morgan fingerprint density at radius 1 is 1.10 bits per heavy atom. The van der Waals surface area contributed by atoms with Gasteiger partial charge in [0.05, 0.1) is 5.69 Å². The predicted octanol–water partition coefficient (Wildman–Crippen LogP) is 2.20. The number of carbonyl (C=O) groups is 3. The molecule has 1 aliphatic heterocycles. The summed E-state index contributed by atoms with van der Waals surface area (Å²) in [4.78, 5) is 35.8. The van der Waals surface area contributed by atoms with Gasteiger partial charge in [0, 0.05) is 31.4 Å². The molecule has 0 saturated heterocycles.